The fourth-order valence-electron chi connectivity index (χ4n) is 4.22. The minimum absolute atomic E-state index is 0.00114. The fourth-order valence-corrected chi connectivity index (χ4v) is 5.66. The molecule has 1 fully saturated rings. The van der Waals surface area contributed by atoms with Crippen molar-refractivity contribution in [3.05, 3.63) is 77.1 Å². The quantitative estimate of drug-likeness (QED) is 0.226. The maximum absolute atomic E-state index is 13.5. The highest BCUT2D eigenvalue weighted by atomic mass is 32.2. The number of carbonyl (C=O) groups is 1. The predicted molar refractivity (Wildman–Crippen MR) is 135 cm³/mol. The smallest absolute Gasteiger partial charge is 0.294 e. The van der Waals surface area contributed by atoms with Crippen LogP contribution >= 0.6 is 0 Å². The number of piperidine rings is 1. The summed E-state index contributed by atoms with van der Waals surface area (Å²) in [5.41, 5.74) is -3.44. The van der Waals surface area contributed by atoms with E-state index in [0.717, 1.165) is 10.5 Å². The number of hydrogen-bond acceptors (Lipinski definition) is 5. The van der Waals surface area contributed by atoms with E-state index >= 15 is 0 Å². The highest BCUT2D eigenvalue weighted by Crippen LogP contribution is 2.38. The normalized spacial score (nSPS) is 16.8. The van der Waals surface area contributed by atoms with Gasteiger partial charge in [-0.25, -0.2) is 27.2 Å². The molecule has 2 heterocycles. The summed E-state index contributed by atoms with van der Waals surface area (Å²) in [5.74, 6) is -3.92. The van der Waals surface area contributed by atoms with Gasteiger partial charge >= 0.3 is 12.4 Å². The van der Waals surface area contributed by atoms with E-state index in [2.05, 4.69) is 9.97 Å². The highest BCUT2D eigenvalue weighted by Gasteiger charge is 2.39. The van der Waals surface area contributed by atoms with Gasteiger partial charge in [0.1, 0.15) is 0 Å². The lowest BCUT2D eigenvalue weighted by Gasteiger charge is -2.30. The lowest BCUT2D eigenvalue weighted by atomic mass is 10.0. The predicted octanol–water partition coefficient (Wildman–Crippen LogP) is 6.73. The van der Waals surface area contributed by atoms with Gasteiger partial charge in [0.2, 0.25) is 10.0 Å². The van der Waals surface area contributed by atoms with Gasteiger partial charge in [0, 0.05) is 43.3 Å². The number of ketones is 1. The summed E-state index contributed by atoms with van der Waals surface area (Å²) >= 11 is 0. The van der Waals surface area contributed by atoms with E-state index < -0.39 is 69.4 Å². The van der Waals surface area contributed by atoms with Crippen LogP contribution in [0.3, 0.4) is 0 Å². The molecule has 6 nitrogen and oxygen atoms in total. The molecule has 1 saturated heterocycles. The average molecular weight is 620 g/mol. The number of Topliss-reactive ketones (excluding diaryl/α,β-unsaturated/α-hetero) is 1. The van der Waals surface area contributed by atoms with Gasteiger partial charge in [-0.15, -0.1) is 0 Å². The van der Waals surface area contributed by atoms with E-state index in [4.69, 9.17) is 0 Å². The minimum atomic E-state index is -5.08. The summed E-state index contributed by atoms with van der Waals surface area (Å²) in [7, 11) is -4.08. The molecule has 0 bridgehead atoms. The Labute approximate surface area is 234 Å². The zero-order valence-corrected chi connectivity index (χ0v) is 22.4. The third kappa shape index (κ3) is 7.01. The van der Waals surface area contributed by atoms with Gasteiger partial charge in [-0.1, -0.05) is 12.1 Å². The summed E-state index contributed by atoms with van der Waals surface area (Å²) in [4.78, 5) is 20.1. The van der Waals surface area contributed by atoms with Crippen LogP contribution in [0.15, 0.2) is 59.6 Å². The molecule has 15 heteroatoms. The first-order valence-electron chi connectivity index (χ1n) is 12.2. The Morgan fingerprint density at radius 1 is 0.905 bits per heavy atom. The number of halogens is 8. The molecular formula is C27H21F8N3O3S. The monoisotopic (exact) mass is 619 g/mol. The number of benzene rings is 2. The van der Waals surface area contributed by atoms with Crippen LogP contribution in [0.4, 0.5) is 35.1 Å². The zero-order chi connectivity index (χ0) is 31.1. The molecular weight excluding hydrogens is 598 g/mol. The molecule has 4 rings (SSSR count). The maximum atomic E-state index is 13.5. The van der Waals surface area contributed by atoms with Crippen molar-refractivity contribution in [2.75, 3.05) is 13.1 Å². The summed E-state index contributed by atoms with van der Waals surface area (Å²) in [5, 5.41) is 0. The molecule has 1 aliphatic heterocycles. The van der Waals surface area contributed by atoms with Gasteiger partial charge in [0.05, 0.1) is 21.7 Å². The molecule has 224 valence electrons. The maximum Gasteiger partial charge on any atom is 0.416 e. The Morgan fingerprint density at radius 3 is 1.95 bits per heavy atom. The number of hydrogen-bond donors (Lipinski definition) is 0. The van der Waals surface area contributed by atoms with Crippen LogP contribution in [-0.2, 0) is 27.2 Å². The second-order valence-corrected chi connectivity index (χ2v) is 11.4. The van der Waals surface area contributed by atoms with E-state index in [0.29, 0.717) is 12.1 Å². The van der Waals surface area contributed by atoms with Crippen LogP contribution in [0.25, 0.3) is 23.0 Å². The Morgan fingerprint density at radius 2 is 1.45 bits per heavy atom. The van der Waals surface area contributed by atoms with E-state index in [-0.39, 0.29) is 40.9 Å². The second-order valence-electron chi connectivity index (χ2n) is 9.50. The first-order valence-corrected chi connectivity index (χ1v) is 13.6. The van der Waals surface area contributed by atoms with Crippen molar-refractivity contribution in [2.24, 2.45) is 0 Å². The molecule has 0 N–H and O–H groups in total. The fraction of sp³-hybridized carbons (Fsp3) is 0.296. The molecule has 0 saturated carbocycles. The molecule has 0 unspecified atom stereocenters. The third-order valence-electron chi connectivity index (χ3n) is 6.45. The number of rotatable bonds is 6. The number of allylic oxidation sites excluding steroid dienone is 1. The van der Waals surface area contributed by atoms with E-state index in [1.54, 1.807) is 0 Å². The Balaban J connectivity index is 1.67. The zero-order valence-electron chi connectivity index (χ0n) is 21.6. The molecule has 0 aliphatic carbocycles. The molecule has 0 amide bonds. The standard InChI is InChI=1S/C27H21F8N3O3S/c1-16(39)23(17-2-4-22(5-3-17)42(40,41)38-10-7-25(28,29)8-11-38)15-21-6-9-36-24(37-21)18-12-19(26(30,31)32)14-20(13-18)27(33,34)35/h2-6,9,12-15H,7-8,10-11H2,1H3/b23-15-. The SMILES string of the molecule is CC(=O)/C(=C/c1ccnc(-c2cc(C(F)(F)F)cc(C(F)(F)F)c2)n1)c1ccc(S(=O)(=O)N2CCC(F)(F)CC2)cc1. The van der Waals surface area contributed by atoms with Crippen LogP contribution in [0.5, 0.6) is 0 Å². The van der Waals surface area contributed by atoms with Crippen molar-refractivity contribution in [1.82, 2.24) is 14.3 Å². The molecule has 0 spiro atoms. The Hall–Kier alpha value is -3.72. The third-order valence-corrected chi connectivity index (χ3v) is 8.36. The van der Waals surface area contributed by atoms with Crippen molar-refractivity contribution in [3.63, 3.8) is 0 Å². The van der Waals surface area contributed by atoms with Crippen LogP contribution in [0.1, 0.15) is 42.1 Å². The van der Waals surface area contributed by atoms with Crippen LogP contribution in [-0.4, -0.2) is 47.5 Å². The summed E-state index contributed by atoms with van der Waals surface area (Å²) in [6.45, 7) is 0.471. The van der Waals surface area contributed by atoms with Crippen molar-refractivity contribution in [3.8, 4) is 11.4 Å². The molecule has 42 heavy (non-hydrogen) atoms. The Kier molecular flexibility index (Phi) is 8.30. The van der Waals surface area contributed by atoms with Crippen molar-refractivity contribution >= 4 is 27.5 Å². The van der Waals surface area contributed by atoms with Crippen LogP contribution in [0, 0.1) is 0 Å². The second kappa shape index (κ2) is 11.2. The molecule has 1 aromatic heterocycles. The average Bonchev–Trinajstić information content (AvgIpc) is 2.90. The minimum Gasteiger partial charge on any atom is -0.294 e. The molecule has 3 aromatic rings. The molecule has 0 radical (unpaired) electrons. The van der Waals surface area contributed by atoms with Gasteiger partial charge in [-0.05, 0) is 55.0 Å². The van der Waals surface area contributed by atoms with Gasteiger partial charge < -0.3 is 0 Å². The van der Waals surface area contributed by atoms with Gasteiger partial charge in [-0.3, -0.25) is 4.79 Å². The van der Waals surface area contributed by atoms with E-state index in [1.165, 1.54) is 43.3 Å². The van der Waals surface area contributed by atoms with E-state index in [9.17, 15) is 48.3 Å². The van der Waals surface area contributed by atoms with E-state index in [1.807, 2.05) is 0 Å². The molecule has 1 aliphatic rings. The van der Waals surface area contributed by atoms with Gasteiger partial charge in [0.25, 0.3) is 5.92 Å². The summed E-state index contributed by atoms with van der Waals surface area (Å²) < 4.78 is 133. The topological polar surface area (TPSA) is 80.2 Å². The first kappa shape index (κ1) is 31.2. The lowest BCUT2D eigenvalue weighted by Crippen LogP contribution is -2.42. The van der Waals surface area contributed by atoms with Crippen molar-refractivity contribution in [2.45, 2.75) is 42.9 Å². The van der Waals surface area contributed by atoms with Crippen molar-refractivity contribution < 1.29 is 48.3 Å². The van der Waals surface area contributed by atoms with Gasteiger partial charge in [0.15, 0.2) is 11.6 Å². The highest BCUT2D eigenvalue weighted by molar-refractivity contribution is 7.89. The Bertz CT molecular complexity index is 1590. The largest absolute Gasteiger partial charge is 0.416 e. The number of carbonyl (C=O) groups excluding carboxylic acids is 1. The van der Waals surface area contributed by atoms with Crippen LogP contribution < -0.4 is 0 Å². The molecule has 0 atom stereocenters. The number of nitrogens with zero attached hydrogens (tertiary/aromatic N) is 3. The number of aromatic nitrogens is 2. The number of sulfonamides is 1. The van der Waals surface area contributed by atoms with Crippen LogP contribution in [0.2, 0.25) is 0 Å². The molecule has 2 aromatic carbocycles. The lowest BCUT2D eigenvalue weighted by molar-refractivity contribution is -0.143. The summed E-state index contributed by atoms with van der Waals surface area (Å²) in [6, 6.07) is 7.22. The van der Waals surface area contributed by atoms with Crippen molar-refractivity contribution in [1.29, 1.82) is 0 Å². The summed E-state index contributed by atoms with van der Waals surface area (Å²) in [6.07, 6.45) is -9.05. The first-order chi connectivity index (χ1) is 19.4. The van der Waals surface area contributed by atoms with Gasteiger partial charge in [-0.2, -0.15) is 30.6 Å². The number of alkyl halides is 8.